The van der Waals surface area contributed by atoms with Gasteiger partial charge in [-0.2, -0.15) is 5.10 Å². The average Bonchev–Trinajstić information content (AvgIpc) is 2.93. The SMILES string of the molecule is CCNC(Cc1ccc(C)cc1)c1cnn2ccccc12. The molecule has 0 amide bonds. The predicted octanol–water partition coefficient (Wildman–Crippen LogP) is 3.54. The monoisotopic (exact) mass is 279 g/mol. The van der Waals surface area contributed by atoms with Crippen molar-refractivity contribution in [1.82, 2.24) is 14.9 Å². The molecular formula is C18H21N3. The van der Waals surface area contributed by atoms with Gasteiger partial charge in [-0.05, 0) is 37.6 Å². The molecule has 1 aromatic carbocycles. The second-order valence-electron chi connectivity index (χ2n) is 5.43. The minimum Gasteiger partial charge on any atom is -0.310 e. The van der Waals surface area contributed by atoms with E-state index in [9.17, 15) is 0 Å². The van der Waals surface area contributed by atoms with Gasteiger partial charge in [0.1, 0.15) is 0 Å². The summed E-state index contributed by atoms with van der Waals surface area (Å²) in [5, 5.41) is 8.04. The van der Waals surface area contributed by atoms with Crippen molar-refractivity contribution in [1.29, 1.82) is 0 Å². The number of hydrogen-bond acceptors (Lipinski definition) is 2. The lowest BCUT2D eigenvalue weighted by Gasteiger charge is -2.17. The zero-order valence-corrected chi connectivity index (χ0v) is 12.6. The van der Waals surface area contributed by atoms with E-state index in [2.05, 4.69) is 60.7 Å². The lowest BCUT2D eigenvalue weighted by molar-refractivity contribution is 0.553. The standard InChI is InChI=1S/C18H21N3/c1-3-19-17(12-15-9-7-14(2)8-10-15)16-13-20-21-11-5-4-6-18(16)21/h4-11,13,17,19H,3,12H2,1-2H3. The van der Waals surface area contributed by atoms with Crippen molar-refractivity contribution in [2.24, 2.45) is 0 Å². The Bertz CT molecular complexity index is 713. The Morgan fingerprint density at radius 2 is 1.95 bits per heavy atom. The Morgan fingerprint density at radius 3 is 2.71 bits per heavy atom. The summed E-state index contributed by atoms with van der Waals surface area (Å²) in [4.78, 5) is 0. The Balaban J connectivity index is 1.92. The highest BCUT2D eigenvalue weighted by molar-refractivity contribution is 5.55. The number of aryl methyl sites for hydroxylation is 1. The summed E-state index contributed by atoms with van der Waals surface area (Å²) in [5.74, 6) is 0. The van der Waals surface area contributed by atoms with Gasteiger partial charge in [-0.25, -0.2) is 4.52 Å². The highest BCUT2D eigenvalue weighted by Gasteiger charge is 2.15. The summed E-state index contributed by atoms with van der Waals surface area (Å²) in [5.41, 5.74) is 5.09. The van der Waals surface area contributed by atoms with E-state index in [-0.39, 0.29) is 6.04 Å². The van der Waals surface area contributed by atoms with Gasteiger partial charge in [0, 0.05) is 17.8 Å². The Kier molecular flexibility index (Phi) is 4.02. The number of nitrogens with zero attached hydrogens (tertiary/aromatic N) is 2. The molecule has 3 rings (SSSR count). The van der Waals surface area contributed by atoms with Crippen molar-refractivity contribution in [3.8, 4) is 0 Å². The first-order valence-electron chi connectivity index (χ1n) is 7.49. The Labute approximate surface area is 125 Å². The summed E-state index contributed by atoms with van der Waals surface area (Å²) in [6.45, 7) is 5.21. The molecule has 0 aliphatic heterocycles. The molecule has 2 aromatic heterocycles. The van der Waals surface area contributed by atoms with E-state index in [1.54, 1.807) is 0 Å². The third-order valence-corrected chi connectivity index (χ3v) is 3.84. The molecule has 1 atom stereocenters. The van der Waals surface area contributed by atoms with Crippen LogP contribution in [-0.2, 0) is 6.42 Å². The molecule has 2 heterocycles. The number of pyridine rings is 1. The van der Waals surface area contributed by atoms with E-state index in [1.165, 1.54) is 22.2 Å². The molecule has 0 aliphatic rings. The van der Waals surface area contributed by atoms with Crippen LogP contribution in [0.5, 0.6) is 0 Å². The number of hydrogen-bond donors (Lipinski definition) is 1. The topological polar surface area (TPSA) is 29.3 Å². The van der Waals surface area contributed by atoms with Crippen LogP contribution in [0.1, 0.15) is 29.7 Å². The van der Waals surface area contributed by atoms with E-state index in [0.717, 1.165) is 13.0 Å². The molecular weight excluding hydrogens is 258 g/mol. The summed E-state index contributed by atoms with van der Waals surface area (Å²) in [6, 6.07) is 15.3. The fourth-order valence-electron chi connectivity index (χ4n) is 2.72. The lowest BCUT2D eigenvalue weighted by atomic mass is 9.99. The maximum absolute atomic E-state index is 4.45. The Morgan fingerprint density at radius 1 is 1.14 bits per heavy atom. The van der Waals surface area contributed by atoms with Gasteiger partial charge < -0.3 is 5.32 Å². The van der Waals surface area contributed by atoms with Crippen LogP contribution in [0.15, 0.2) is 54.9 Å². The van der Waals surface area contributed by atoms with Crippen molar-refractivity contribution < 1.29 is 0 Å². The minimum absolute atomic E-state index is 0.289. The molecule has 3 nitrogen and oxygen atoms in total. The van der Waals surface area contributed by atoms with E-state index in [1.807, 2.05) is 23.0 Å². The molecule has 108 valence electrons. The van der Waals surface area contributed by atoms with Crippen LogP contribution in [0.2, 0.25) is 0 Å². The first-order chi connectivity index (χ1) is 10.3. The van der Waals surface area contributed by atoms with Crippen molar-refractivity contribution in [2.75, 3.05) is 6.54 Å². The van der Waals surface area contributed by atoms with E-state index >= 15 is 0 Å². The van der Waals surface area contributed by atoms with E-state index in [0.29, 0.717) is 0 Å². The van der Waals surface area contributed by atoms with Crippen LogP contribution in [0.4, 0.5) is 0 Å². The third kappa shape index (κ3) is 2.98. The normalized spacial score (nSPS) is 12.7. The molecule has 0 radical (unpaired) electrons. The molecule has 21 heavy (non-hydrogen) atoms. The van der Waals surface area contributed by atoms with Gasteiger partial charge in [0.2, 0.25) is 0 Å². The second kappa shape index (κ2) is 6.10. The van der Waals surface area contributed by atoms with Crippen LogP contribution in [0.3, 0.4) is 0 Å². The highest BCUT2D eigenvalue weighted by Crippen LogP contribution is 2.23. The molecule has 3 heteroatoms. The van der Waals surface area contributed by atoms with E-state index < -0.39 is 0 Å². The Hall–Kier alpha value is -2.13. The number of benzene rings is 1. The van der Waals surface area contributed by atoms with Crippen LogP contribution in [-0.4, -0.2) is 16.2 Å². The van der Waals surface area contributed by atoms with Crippen LogP contribution in [0.25, 0.3) is 5.52 Å². The van der Waals surface area contributed by atoms with Crippen LogP contribution >= 0.6 is 0 Å². The van der Waals surface area contributed by atoms with Gasteiger partial charge in [0.25, 0.3) is 0 Å². The number of fused-ring (bicyclic) bond motifs is 1. The largest absolute Gasteiger partial charge is 0.310 e. The van der Waals surface area contributed by atoms with Gasteiger partial charge >= 0.3 is 0 Å². The maximum atomic E-state index is 4.45. The van der Waals surface area contributed by atoms with Crippen molar-refractivity contribution in [2.45, 2.75) is 26.3 Å². The summed E-state index contributed by atoms with van der Waals surface area (Å²) in [7, 11) is 0. The van der Waals surface area contributed by atoms with Gasteiger partial charge in [-0.15, -0.1) is 0 Å². The number of nitrogens with one attached hydrogen (secondary N) is 1. The summed E-state index contributed by atoms with van der Waals surface area (Å²) in [6.07, 6.45) is 4.95. The van der Waals surface area contributed by atoms with Crippen LogP contribution in [0, 0.1) is 6.92 Å². The summed E-state index contributed by atoms with van der Waals surface area (Å²) < 4.78 is 1.94. The maximum Gasteiger partial charge on any atom is 0.0709 e. The molecule has 0 saturated carbocycles. The summed E-state index contributed by atoms with van der Waals surface area (Å²) >= 11 is 0. The molecule has 1 unspecified atom stereocenters. The predicted molar refractivity (Wildman–Crippen MR) is 86.5 cm³/mol. The zero-order chi connectivity index (χ0) is 14.7. The molecule has 1 N–H and O–H groups in total. The van der Waals surface area contributed by atoms with Gasteiger partial charge in [0.05, 0.1) is 11.7 Å². The number of aromatic nitrogens is 2. The fourth-order valence-corrected chi connectivity index (χ4v) is 2.72. The molecule has 3 aromatic rings. The third-order valence-electron chi connectivity index (χ3n) is 3.84. The molecule has 0 fully saturated rings. The van der Waals surface area contributed by atoms with E-state index in [4.69, 9.17) is 0 Å². The number of rotatable bonds is 5. The van der Waals surface area contributed by atoms with Gasteiger partial charge in [-0.3, -0.25) is 0 Å². The van der Waals surface area contributed by atoms with Crippen LogP contribution < -0.4 is 5.32 Å². The molecule has 0 bridgehead atoms. The first-order valence-corrected chi connectivity index (χ1v) is 7.49. The van der Waals surface area contributed by atoms with Crippen molar-refractivity contribution in [3.05, 3.63) is 71.5 Å². The average molecular weight is 279 g/mol. The van der Waals surface area contributed by atoms with Gasteiger partial charge in [0.15, 0.2) is 0 Å². The second-order valence-corrected chi connectivity index (χ2v) is 5.43. The van der Waals surface area contributed by atoms with Crippen molar-refractivity contribution in [3.63, 3.8) is 0 Å². The zero-order valence-electron chi connectivity index (χ0n) is 12.6. The lowest BCUT2D eigenvalue weighted by Crippen LogP contribution is -2.22. The van der Waals surface area contributed by atoms with Gasteiger partial charge in [-0.1, -0.05) is 42.8 Å². The highest BCUT2D eigenvalue weighted by atomic mass is 15.2. The fraction of sp³-hybridized carbons (Fsp3) is 0.278. The molecule has 0 aliphatic carbocycles. The number of likely N-dealkylation sites (N-methyl/N-ethyl adjacent to an activating group) is 1. The first kappa shape index (κ1) is 13.8. The molecule has 0 saturated heterocycles. The van der Waals surface area contributed by atoms with Crippen molar-refractivity contribution >= 4 is 5.52 Å². The minimum atomic E-state index is 0.289. The smallest absolute Gasteiger partial charge is 0.0709 e. The molecule has 0 spiro atoms. The quantitative estimate of drug-likeness (QED) is 0.774.